The molecule has 0 saturated carbocycles. The van der Waals surface area contributed by atoms with Crippen molar-refractivity contribution in [3.63, 3.8) is 0 Å². The van der Waals surface area contributed by atoms with Gasteiger partial charge in [-0.05, 0) is 34.1 Å². The van der Waals surface area contributed by atoms with Crippen LogP contribution in [0.4, 0.5) is 14.0 Å². The number of carbonyl (C=O) groups excluding carboxylic acids is 4. The maximum atomic E-state index is 13.9. The number of amides is 4. The lowest BCUT2D eigenvalue weighted by Gasteiger charge is -2.35. The van der Waals surface area contributed by atoms with Gasteiger partial charge in [0.05, 0.1) is 11.0 Å². The van der Waals surface area contributed by atoms with E-state index in [0.29, 0.717) is 4.47 Å². The molecule has 0 aromatic heterocycles. The number of ether oxygens (including phenoxy) is 3. The van der Waals surface area contributed by atoms with E-state index >= 15 is 0 Å². The van der Waals surface area contributed by atoms with Gasteiger partial charge in [0.15, 0.2) is 12.2 Å². The molecule has 1 aliphatic rings. The summed E-state index contributed by atoms with van der Waals surface area (Å²) in [5.74, 6) is -1.84. The molecule has 0 saturated heterocycles. The maximum absolute atomic E-state index is 13.9. The number of primary amides is 1. The Morgan fingerprint density at radius 3 is 2.31 bits per heavy atom. The molecule has 0 fully saturated rings. The highest BCUT2D eigenvalue weighted by Gasteiger charge is 2.42. The fraction of sp³-hybridized carbons (Fsp3) is 0.429. The molecule has 5 N–H and O–H groups in total. The van der Waals surface area contributed by atoms with E-state index in [4.69, 9.17) is 43.1 Å². The second kappa shape index (κ2) is 14.7. The number of hydrogen-bond donors (Lipinski definition) is 4. The Labute approximate surface area is 224 Å². The number of halogens is 4. The fourth-order valence-corrected chi connectivity index (χ4v) is 3.59. The van der Waals surface area contributed by atoms with Gasteiger partial charge >= 0.3 is 12.2 Å². The number of hydrogen-bond acceptors (Lipinski definition) is 7. The highest BCUT2D eigenvalue weighted by Crippen LogP contribution is 2.32. The van der Waals surface area contributed by atoms with E-state index < -0.39 is 54.7 Å². The predicted octanol–water partition coefficient (Wildman–Crippen LogP) is 1.93. The Morgan fingerprint density at radius 2 is 1.69 bits per heavy atom. The summed E-state index contributed by atoms with van der Waals surface area (Å²) in [6.07, 6.45) is -4.39. The minimum Gasteiger partial charge on any atom is -0.481 e. The normalized spacial score (nSPS) is 18.9. The van der Waals surface area contributed by atoms with Gasteiger partial charge in [-0.15, -0.1) is 23.2 Å². The van der Waals surface area contributed by atoms with Gasteiger partial charge in [0.25, 0.3) is 0 Å². The number of alkyl halides is 2. The Balaban J connectivity index is 2.43. The lowest BCUT2D eigenvalue weighted by Crippen LogP contribution is -2.51. The van der Waals surface area contributed by atoms with Crippen LogP contribution in [-0.2, 0) is 19.1 Å². The summed E-state index contributed by atoms with van der Waals surface area (Å²) in [5, 5.41) is 7.16. The number of carbonyl (C=O) groups is 4. The minimum absolute atomic E-state index is 0.0233. The van der Waals surface area contributed by atoms with Crippen molar-refractivity contribution >= 4 is 63.1 Å². The molecule has 0 spiro atoms. The van der Waals surface area contributed by atoms with Gasteiger partial charge < -0.3 is 35.9 Å². The summed E-state index contributed by atoms with van der Waals surface area (Å²) >= 11 is 14.4. The molecule has 1 aromatic carbocycles. The molecule has 3 unspecified atom stereocenters. The van der Waals surface area contributed by atoms with Crippen LogP contribution in [0.25, 0.3) is 0 Å². The van der Waals surface area contributed by atoms with Crippen LogP contribution >= 0.6 is 39.1 Å². The van der Waals surface area contributed by atoms with Crippen LogP contribution in [0.5, 0.6) is 5.75 Å². The monoisotopic (exact) mass is 612 g/mol. The lowest BCUT2D eigenvalue weighted by atomic mass is 9.91. The van der Waals surface area contributed by atoms with Crippen molar-refractivity contribution in [2.24, 2.45) is 5.73 Å². The zero-order chi connectivity index (χ0) is 26.7. The predicted molar refractivity (Wildman–Crippen MR) is 131 cm³/mol. The van der Waals surface area contributed by atoms with Crippen molar-refractivity contribution in [3.05, 3.63) is 40.1 Å². The Kier molecular flexibility index (Phi) is 12.0. The first-order chi connectivity index (χ1) is 17.1. The van der Waals surface area contributed by atoms with Crippen molar-refractivity contribution in [3.8, 4) is 5.75 Å². The zero-order valence-corrected chi connectivity index (χ0v) is 21.8. The molecule has 3 atom stereocenters. The fourth-order valence-electron chi connectivity index (χ4n) is 3.06. The molecule has 11 nitrogen and oxygen atoms in total. The molecule has 1 aromatic rings. The maximum Gasteiger partial charge on any atom is 0.407 e. The first kappa shape index (κ1) is 29.5. The number of benzene rings is 1. The number of nitrogens with one attached hydrogen (secondary N) is 3. The number of alkyl carbamates (subject to hydrolysis) is 2. The molecule has 0 radical (unpaired) electrons. The van der Waals surface area contributed by atoms with Gasteiger partial charge in [0.2, 0.25) is 11.8 Å². The Morgan fingerprint density at radius 1 is 1.06 bits per heavy atom. The topological polar surface area (TPSA) is 158 Å². The second-order valence-corrected chi connectivity index (χ2v) is 8.86. The van der Waals surface area contributed by atoms with Crippen LogP contribution in [0.15, 0.2) is 34.3 Å². The molecule has 198 valence electrons. The van der Waals surface area contributed by atoms with E-state index in [1.54, 1.807) is 0 Å². The van der Waals surface area contributed by atoms with E-state index in [2.05, 4.69) is 31.9 Å². The van der Waals surface area contributed by atoms with Crippen molar-refractivity contribution in [1.29, 1.82) is 0 Å². The van der Waals surface area contributed by atoms with Crippen LogP contribution in [0.1, 0.15) is 6.42 Å². The summed E-state index contributed by atoms with van der Waals surface area (Å²) < 4.78 is 31.0. The summed E-state index contributed by atoms with van der Waals surface area (Å²) in [6, 6.07) is 3.67. The van der Waals surface area contributed by atoms with Crippen LogP contribution in [0.2, 0.25) is 0 Å². The average molecular weight is 614 g/mol. The van der Waals surface area contributed by atoms with Gasteiger partial charge in [-0.25, -0.2) is 14.0 Å². The number of nitrogens with two attached hydrogens (primary N) is 1. The van der Waals surface area contributed by atoms with Crippen LogP contribution < -0.4 is 26.4 Å². The molecule has 1 aliphatic carbocycles. The van der Waals surface area contributed by atoms with Gasteiger partial charge in [-0.2, -0.15) is 0 Å². The molecule has 2 rings (SSSR count). The van der Waals surface area contributed by atoms with E-state index in [1.807, 2.05) is 0 Å². The molecule has 0 aliphatic heterocycles. The summed E-state index contributed by atoms with van der Waals surface area (Å²) in [6.45, 7) is -0.265. The van der Waals surface area contributed by atoms with E-state index in [9.17, 15) is 23.6 Å². The summed E-state index contributed by atoms with van der Waals surface area (Å²) in [4.78, 5) is 48.4. The van der Waals surface area contributed by atoms with Crippen molar-refractivity contribution in [1.82, 2.24) is 16.0 Å². The van der Waals surface area contributed by atoms with Gasteiger partial charge in [0, 0.05) is 42.9 Å². The minimum atomic E-state index is -1.27. The third-order valence-electron chi connectivity index (χ3n) is 4.58. The van der Waals surface area contributed by atoms with Crippen molar-refractivity contribution < 1.29 is 37.8 Å². The van der Waals surface area contributed by atoms with E-state index in [-0.39, 0.29) is 42.6 Å². The highest BCUT2D eigenvalue weighted by molar-refractivity contribution is 9.10. The first-order valence-corrected chi connectivity index (χ1v) is 12.4. The SMILES string of the molecule is NC(=O)CNC(=O)C1=CC(Oc2cc(F)ccc2Br)C(OC(=O)NCCCl)C(OC(=O)NCCCl)C1. The molecule has 4 amide bonds. The number of rotatable bonds is 11. The van der Waals surface area contributed by atoms with Crippen LogP contribution in [0.3, 0.4) is 0 Å². The molecular formula is C21H24BrCl2FN4O7. The molecular weight excluding hydrogens is 590 g/mol. The third-order valence-corrected chi connectivity index (χ3v) is 5.61. The third kappa shape index (κ3) is 9.36. The Bertz CT molecular complexity index is 1000. The van der Waals surface area contributed by atoms with Gasteiger partial charge in [-0.1, -0.05) is 0 Å². The molecule has 36 heavy (non-hydrogen) atoms. The molecule has 0 bridgehead atoms. The van der Waals surface area contributed by atoms with Crippen molar-refractivity contribution in [2.75, 3.05) is 31.4 Å². The molecule has 15 heteroatoms. The quantitative estimate of drug-likeness (QED) is 0.278. The zero-order valence-electron chi connectivity index (χ0n) is 18.7. The second-order valence-electron chi connectivity index (χ2n) is 7.25. The first-order valence-electron chi connectivity index (χ1n) is 10.5. The van der Waals surface area contributed by atoms with Gasteiger partial charge in [-0.3, -0.25) is 9.59 Å². The standard InChI is InChI=1S/C21H24BrCl2FN4O7/c22-13-2-1-12(25)9-14(13)34-15-7-11(19(31)29-10-17(26)30)8-16(35-20(32)27-5-3-23)18(15)36-21(33)28-6-4-24/h1-2,7,9,15-16,18H,3-6,8,10H2,(H2,26,30)(H,27,32)(H,28,33)(H,29,31). The van der Waals surface area contributed by atoms with E-state index in [0.717, 1.165) is 6.07 Å². The summed E-state index contributed by atoms with van der Waals surface area (Å²) in [7, 11) is 0. The smallest absolute Gasteiger partial charge is 0.407 e. The average Bonchev–Trinajstić information content (AvgIpc) is 2.83. The molecule has 0 heterocycles. The van der Waals surface area contributed by atoms with Crippen molar-refractivity contribution in [2.45, 2.75) is 24.7 Å². The lowest BCUT2D eigenvalue weighted by molar-refractivity contribution is -0.123. The van der Waals surface area contributed by atoms with Gasteiger partial charge in [0.1, 0.15) is 17.7 Å². The van der Waals surface area contributed by atoms with Crippen LogP contribution in [-0.4, -0.2) is 73.7 Å². The van der Waals surface area contributed by atoms with Crippen LogP contribution in [0, 0.1) is 5.82 Å². The summed E-state index contributed by atoms with van der Waals surface area (Å²) in [5.41, 5.74) is 5.13. The highest BCUT2D eigenvalue weighted by atomic mass is 79.9. The Hall–Kier alpha value is -2.77. The largest absolute Gasteiger partial charge is 0.481 e. The van der Waals surface area contributed by atoms with E-state index in [1.165, 1.54) is 18.2 Å².